The molecule has 2 N–H and O–H groups in total. The van der Waals surface area contributed by atoms with Crippen LogP contribution in [0.25, 0.3) is 0 Å². The number of nitro groups is 1. The number of nitrogen functional groups attached to an aromatic ring is 1. The number of rotatable bonds is 13. The summed E-state index contributed by atoms with van der Waals surface area (Å²) >= 11 is 0. The summed E-state index contributed by atoms with van der Waals surface area (Å²) in [5.74, 6) is 0.862. The van der Waals surface area contributed by atoms with Gasteiger partial charge in [-0.2, -0.15) is 0 Å². The second kappa shape index (κ2) is 20.2. The third kappa shape index (κ3) is 12.2. The van der Waals surface area contributed by atoms with Crippen LogP contribution in [0, 0.1) is 10.1 Å². The minimum Gasteiger partial charge on any atom is -0.493 e. The Hall–Kier alpha value is -3.76. The molecule has 14 nitrogen and oxygen atoms in total. The second-order valence-corrected chi connectivity index (χ2v) is 27.6. The van der Waals surface area contributed by atoms with E-state index in [9.17, 15) is 19.7 Å². The molecule has 0 unspecified atom stereocenters. The molecule has 2 atom stereocenters. The molecule has 2 heterocycles. The zero-order valence-corrected chi connectivity index (χ0v) is 42.8. The van der Waals surface area contributed by atoms with Crippen molar-refractivity contribution >= 4 is 39.8 Å². The molecule has 2 aliphatic heterocycles. The van der Waals surface area contributed by atoms with Gasteiger partial charge in [0.25, 0.3) is 17.5 Å². The zero-order chi connectivity index (χ0) is 44.1. The summed E-state index contributed by atoms with van der Waals surface area (Å²) in [7, 11) is 1.98. The molecular weight excluding hydrogens is 842 g/mol. The fourth-order valence-corrected chi connectivity index (χ4v) is 8.24. The number of ether oxygens (including phenoxy) is 4. The average molecular weight is 909 g/mol. The zero-order valence-electron chi connectivity index (χ0n) is 37.8. The smallest absolute Gasteiger partial charge is 0.286 e. The van der Waals surface area contributed by atoms with Crippen molar-refractivity contribution in [3.05, 3.63) is 69.8 Å². The number of hydrogen-bond acceptors (Lipinski definition) is 11. The van der Waals surface area contributed by atoms with Crippen LogP contribution in [-0.2, 0) is 28.3 Å². The summed E-state index contributed by atoms with van der Waals surface area (Å²) in [6.07, 6.45) is 1.36. The summed E-state index contributed by atoms with van der Waals surface area (Å²) in [5, 5.41) is 11.8. The molecular formula is C42H66N4O10Si2Zn. The van der Waals surface area contributed by atoms with Gasteiger partial charge in [-0.25, -0.2) is 0 Å². The number of nitrogens with zero attached hydrogens (tertiary/aromatic N) is 3. The normalized spacial score (nSPS) is 17.2. The molecule has 0 bridgehead atoms. The summed E-state index contributed by atoms with van der Waals surface area (Å²) < 4.78 is 33.7. The summed E-state index contributed by atoms with van der Waals surface area (Å²) in [5.41, 5.74) is 8.48. The Morgan fingerprint density at radius 1 is 0.712 bits per heavy atom. The van der Waals surface area contributed by atoms with Crippen LogP contribution in [0.1, 0.15) is 75.1 Å². The van der Waals surface area contributed by atoms with Gasteiger partial charge in [0.15, 0.2) is 39.6 Å². The molecule has 4 rings (SSSR count). The fraction of sp³-hybridized carbons (Fsp3) is 0.571. The predicted octanol–water partition coefficient (Wildman–Crippen LogP) is 8.48. The summed E-state index contributed by atoms with van der Waals surface area (Å²) in [6, 6.07) is 5.60. The first-order valence-corrected chi connectivity index (χ1v) is 25.2. The number of benzene rings is 2. The van der Waals surface area contributed by atoms with Crippen molar-refractivity contribution in [2.24, 2.45) is 0 Å². The van der Waals surface area contributed by atoms with Gasteiger partial charge in [-0.3, -0.25) is 19.7 Å². The van der Waals surface area contributed by atoms with Crippen molar-refractivity contribution < 1.29 is 61.8 Å². The Kier molecular flexibility index (Phi) is 17.6. The molecule has 0 aliphatic carbocycles. The molecule has 2 aromatic rings. The van der Waals surface area contributed by atoms with Crippen LogP contribution in [0.4, 0.5) is 11.4 Å². The molecule has 17 heteroatoms. The molecule has 2 aromatic carbocycles. The standard InChI is InChI=1S/C21H32N2O6Si.C21H34N2O4Si.Zn/c1-14-9-15(13-29-30(7,8)21(2,3)4)22(12-14)20(24)16-10-18(27-5)19(28-6)11-17(16)23(25)26;1-14-9-15(13-27-28(7,8)21(2,3)4)23(12-14)20(24)16-10-18(25-5)19(26-6)11-17(16)22;/h10-11,15H,1,9,12-13H2,2-8H3;10-11,15H,1,9,12-13,22H2,2-8H3;/t2*15-;/m00./s1. The molecule has 2 saturated heterocycles. The van der Waals surface area contributed by atoms with Gasteiger partial charge < -0.3 is 43.3 Å². The SMILES string of the molecule is C=C1C[C@@H](CO[Si](C)(C)C(C)(C)C)N(C(=O)c2cc(OC)c(OC)cc2N)C1.C=C1C[C@@H](CO[Si](C)(C)C(C)(C)C)N(C(=O)c2cc(OC)c(OC)cc2[N+](=O)[O-])C1.[Zn]. The minimum absolute atomic E-state index is 0. The van der Waals surface area contributed by atoms with Gasteiger partial charge in [0.2, 0.25) is 0 Å². The third-order valence-corrected chi connectivity index (χ3v) is 20.8. The molecule has 2 fully saturated rings. The van der Waals surface area contributed by atoms with Crippen LogP contribution in [0.2, 0.25) is 36.3 Å². The molecule has 324 valence electrons. The van der Waals surface area contributed by atoms with Crippen LogP contribution in [0.5, 0.6) is 23.0 Å². The maximum Gasteiger partial charge on any atom is 0.286 e. The van der Waals surface area contributed by atoms with E-state index in [0.717, 1.165) is 17.6 Å². The molecule has 59 heavy (non-hydrogen) atoms. The molecule has 0 spiro atoms. The van der Waals surface area contributed by atoms with E-state index >= 15 is 0 Å². The minimum atomic E-state index is -2.01. The van der Waals surface area contributed by atoms with Crippen LogP contribution in [0.3, 0.4) is 0 Å². The molecule has 0 aromatic heterocycles. The topological polar surface area (TPSA) is 165 Å². The summed E-state index contributed by atoms with van der Waals surface area (Å²) in [4.78, 5) is 41.1. The van der Waals surface area contributed by atoms with Crippen LogP contribution in [-0.4, -0.2) is 110 Å². The number of amides is 2. The molecule has 0 radical (unpaired) electrons. The van der Waals surface area contributed by atoms with Gasteiger partial charge >= 0.3 is 0 Å². The quantitative estimate of drug-likeness (QED) is 0.0674. The number of nitrogens with two attached hydrogens (primary N) is 1. The van der Waals surface area contributed by atoms with Crippen molar-refractivity contribution in [3.63, 3.8) is 0 Å². The number of hydrogen-bond donors (Lipinski definition) is 1. The maximum atomic E-state index is 13.4. The number of carbonyl (C=O) groups excluding carboxylic acids is 2. The van der Waals surface area contributed by atoms with Gasteiger partial charge in [-0.15, -0.1) is 0 Å². The van der Waals surface area contributed by atoms with E-state index in [1.54, 1.807) is 17.0 Å². The van der Waals surface area contributed by atoms with Crippen molar-refractivity contribution in [1.82, 2.24) is 9.80 Å². The van der Waals surface area contributed by atoms with Crippen molar-refractivity contribution in [1.29, 1.82) is 0 Å². The Morgan fingerprint density at radius 3 is 1.41 bits per heavy atom. The number of anilines is 1. The monoisotopic (exact) mass is 906 g/mol. The van der Waals surface area contributed by atoms with Crippen molar-refractivity contribution in [2.75, 3.05) is 60.5 Å². The third-order valence-electron chi connectivity index (χ3n) is 11.8. The van der Waals surface area contributed by atoms with Crippen molar-refractivity contribution in [2.45, 2.75) is 103 Å². The Balaban J connectivity index is 0.000000401. The van der Waals surface area contributed by atoms with E-state index in [-0.39, 0.29) is 70.3 Å². The average Bonchev–Trinajstić information content (AvgIpc) is 3.72. The first-order chi connectivity index (χ1) is 26.7. The van der Waals surface area contributed by atoms with Gasteiger partial charge in [-0.05, 0) is 55.2 Å². The van der Waals surface area contributed by atoms with Crippen LogP contribution < -0.4 is 24.7 Å². The first kappa shape index (κ1) is 51.4. The van der Waals surface area contributed by atoms with Gasteiger partial charge in [0.1, 0.15) is 5.56 Å². The predicted molar refractivity (Wildman–Crippen MR) is 234 cm³/mol. The van der Waals surface area contributed by atoms with E-state index in [2.05, 4.69) is 80.9 Å². The Bertz CT molecular complexity index is 1880. The second-order valence-electron chi connectivity index (χ2n) is 18.0. The van der Waals surface area contributed by atoms with Crippen molar-refractivity contribution in [3.8, 4) is 23.0 Å². The van der Waals surface area contributed by atoms with E-state index in [0.29, 0.717) is 55.5 Å². The van der Waals surface area contributed by atoms with E-state index in [1.165, 1.54) is 40.6 Å². The van der Waals surface area contributed by atoms with Gasteiger partial charge in [0, 0.05) is 50.4 Å². The van der Waals surface area contributed by atoms with E-state index < -0.39 is 27.5 Å². The maximum absolute atomic E-state index is 13.4. The Morgan fingerprint density at radius 2 is 1.05 bits per heavy atom. The number of methoxy groups -OCH3 is 4. The molecule has 2 aliphatic rings. The number of carbonyl (C=O) groups is 2. The molecule has 2 amide bonds. The Labute approximate surface area is 365 Å². The van der Waals surface area contributed by atoms with Gasteiger partial charge in [-0.1, -0.05) is 65.8 Å². The number of nitro benzene ring substituents is 1. The largest absolute Gasteiger partial charge is 0.493 e. The van der Waals surface area contributed by atoms with E-state index in [4.69, 9.17) is 33.5 Å². The van der Waals surface area contributed by atoms with Crippen LogP contribution in [0.15, 0.2) is 48.6 Å². The van der Waals surface area contributed by atoms with Crippen LogP contribution >= 0.6 is 0 Å². The number of likely N-dealkylation sites (tertiary alicyclic amines) is 2. The molecule has 0 saturated carbocycles. The first-order valence-electron chi connectivity index (χ1n) is 19.4. The van der Waals surface area contributed by atoms with E-state index in [1.807, 2.05) is 4.90 Å². The summed E-state index contributed by atoms with van der Waals surface area (Å²) in [6.45, 7) is 31.7. The van der Waals surface area contributed by atoms with Gasteiger partial charge in [0.05, 0.1) is 70.3 Å². The fourth-order valence-electron chi connectivity index (χ4n) is 6.15.